The van der Waals surface area contributed by atoms with Gasteiger partial charge in [0.15, 0.2) is 0 Å². The van der Waals surface area contributed by atoms with Crippen LogP contribution >= 0.6 is 0 Å². The number of alkyl carbamates (subject to hydrolysis) is 1. The van der Waals surface area contributed by atoms with Crippen molar-refractivity contribution in [3.05, 3.63) is 72.6 Å². The number of aromatic nitrogens is 4. The van der Waals surface area contributed by atoms with Crippen LogP contribution in [-0.2, 0) is 19.1 Å². The number of H-pyrrole nitrogens is 2. The van der Waals surface area contributed by atoms with Crippen LogP contribution in [0.3, 0.4) is 0 Å². The minimum Gasteiger partial charge on any atom is -0.453 e. The lowest BCUT2D eigenvalue weighted by atomic mass is 9.76. The number of methoxy groups -OCH3 is 1. The van der Waals surface area contributed by atoms with E-state index in [9.17, 15) is 28.0 Å². The third-order valence-electron chi connectivity index (χ3n) is 13.6. The molecule has 3 aliphatic carbocycles. The van der Waals surface area contributed by atoms with E-state index in [0.717, 1.165) is 90.8 Å². The number of ether oxygens (including phenoxy) is 1. The highest BCUT2D eigenvalue weighted by molar-refractivity contribution is 5.93. The van der Waals surface area contributed by atoms with Gasteiger partial charge in [-0.05, 0) is 85.0 Å². The van der Waals surface area contributed by atoms with E-state index in [1.807, 2.05) is 32.2 Å². The number of carbonyl (C=O) groups is 4. The summed E-state index contributed by atoms with van der Waals surface area (Å²) in [5.41, 5.74) is 4.54. The van der Waals surface area contributed by atoms with Crippen molar-refractivity contribution in [2.45, 2.75) is 108 Å². The van der Waals surface area contributed by atoms with E-state index in [-0.39, 0.29) is 41.5 Å². The molecule has 4 aromatic rings. The average Bonchev–Trinajstić information content (AvgIpc) is 4.13. The lowest BCUT2D eigenvalue weighted by Gasteiger charge is -2.39. The molecule has 2 aromatic heterocycles. The summed E-state index contributed by atoms with van der Waals surface area (Å²) >= 11 is 0. The number of carbonyl (C=O) groups excluding carboxylic acids is 4. The highest BCUT2D eigenvalue weighted by Gasteiger charge is 2.54. The smallest absolute Gasteiger partial charge is 0.407 e. The van der Waals surface area contributed by atoms with Gasteiger partial charge in [0, 0.05) is 12.5 Å². The highest BCUT2D eigenvalue weighted by Crippen LogP contribution is 2.56. The van der Waals surface area contributed by atoms with Gasteiger partial charge in [-0.25, -0.2) is 23.5 Å². The van der Waals surface area contributed by atoms with Crippen LogP contribution in [0.15, 0.2) is 60.9 Å². The number of imidazole rings is 2. The second-order valence-corrected chi connectivity index (χ2v) is 17.7. The average molecular weight is 839 g/mol. The number of alkyl halides is 2. The fraction of sp³-hybridized carbons (Fsp3) is 0.522. The van der Waals surface area contributed by atoms with Crippen LogP contribution in [0, 0.1) is 23.7 Å². The predicted molar refractivity (Wildman–Crippen MR) is 225 cm³/mol. The van der Waals surface area contributed by atoms with E-state index < -0.39 is 36.6 Å². The topological polar surface area (TPSA) is 174 Å². The van der Waals surface area contributed by atoms with Gasteiger partial charge in [-0.3, -0.25) is 14.4 Å². The number of halogens is 2. The predicted octanol–water partition coefficient (Wildman–Crippen LogP) is 7.51. The maximum absolute atomic E-state index is 14.1. The molecule has 3 saturated carbocycles. The maximum Gasteiger partial charge on any atom is 0.407 e. The van der Waals surface area contributed by atoms with Crippen molar-refractivity contribution in [3.8, 4) is 33.6 Å². The summed E-state index contributed by atoms with van der Waals surface area (Å²) in [5.74, 6) is 0.549. The SMILES string of the molecule is COC(=O)N[C@H](C(=O)N1CCC[C@H]1c1ncc(-c2ccc(-c3ccc(-c4cnc(C5C6CCC(C6)C5C(=O)NC5(C(=O)NCC(F)F)CCCCC5)[nH]4)cc3)cc2)[nH]1)C(C)C. The number of aromatic amines is 2. The van der Waals surface area contributed by atoms with Gasteiger partial charge in [-0.1, -0.05) is 81.6 Å². The largest absolute Gasteiger partial charge is 0.453 e. The molecule has 1 saturated heterocycles. The van der Waals surface area contributed by atoms with Crippen molar-refractivity contribution < 1.29 is 32.7 Å². The second-order valence-electron chi connectivity index (χ2n) is 17.7. The Bertz CT molecular complexity index is 2200. The molecule has 8 rings (SSSR count). The van der Waals surface area contributed by atoms with Gasteiger partial charge in [0.05, 0.1) is 49.4 Å². The first-order valence-corrected chi connectivity index (χ1v) is 21.8. The van der Waals surface area contributed by atoms with Gasteiger partial charge in [-0.15, -0.1) is 0 Å². The third kappa shape index (κ3) is 8.65. The van der Waals surface area contributed by atoms with Crippen LogP contribution in [0.5, 0.6) is 0 Å². The van der Waals surface area contributed by atoms with E-state index in [0.29, 0.717) is 31.1 Å². The molecule has 0 spiro atoms. The van der Waals surface area contributed by atoms with E-state index in [1.165, 1.54) is 7.11 Å². The fourth-order valence-electron chi connectivity index (χ4n) is 10.5. The standard InChI is InChI=1S/C46H56F2N8O5/c1-26(2)39(54-45(60)61-3)43(58)56-21-7-8-35(56)40-49-23-33(52-40)29-13-9-27(10-14-29)28-11-15-30(16-12-28)34-24-50-41(53-34)37-31-17-18-32(22-31)38(37)42(57)55-46(19-5-4-6-20-46)44(59)51-25-36(47)48/h9-16,23-24,26,31-32,35-39H,4-8,17-22,25H2,1-3H3,(H,49,52)(H,50,53)(H,51,59)(H,54,60)(H,55,57)/t31?,32?,35-,37?,38?,39-/m0/s1. The number of fused-ring (bicyclic) bond motifs is 2. The van der Waals surface area contributed by atoms with Crippen LogP contribution in [0.4, 0.5) is 13.6 Å². The lowest BCUT2D eigenvalue weighted by Crippen LogP contribution is -2.61. The molecule has 3 heterocycles. The molecule has 324 valence electrons. The summed E-state index contributed by atoms with van der Waals surface area (Å²) < 4.78 is 30.8. The van der Waals surface area contributed by atoms with E-state index in [2.05, 4.69) is 67.3 Å². The molecule has 4 amide bonds. The zero-order valence-electron chi connectivity index (χ0n) is 35.0. The van der Waals surface area contributed by atoms with Crippen LogP contribution in [-0.4, -0.2) is 86.9 Å². The number of hydrogen-bond acceptors (Lipinski definition) is 7. The Kier molecular flexibility index (Phi) is 12.3. The molecule has 4 aliphatic rings. The van der Waals surface area contributed by atoms with Crippen LogP contribution < -0.4 is 16.0 Å². The minimum atomic E-state index is -2.66. The molecule has 2 aromatic carbocycles. The molecule has 13 nitrogen and oxygen atoms in total. The Labute approximate surface area is 354 Å². The molecule has 61 heavy (non-hydrogen) atoms. The fourth-order valence-corrected chi connectivity index (χ4v) is 10.5. The Hall–Kier alpha value is -5.60. The zero-order chi connectivity index (χ0) is 42.8. The summed E-state index contributed by atoms with van der Waals surface area (Å²) in [7, 11) is 1.28. The quantitative estimate of drug-likeness (QED) is 0.0927. The summed E-state index contributed by atoms with van der Waals surface area (Å²) in [4.78, 5) is 71.2. The van der Waals surface area contributed by atoms with Gasteiger partial charge in [0.1, 0.15) is 23.2 Å². The number of hydrogen-bond donors (Lipinski definition) is 5. The number of nitrogens with one attached hydrogen (secondary N) is 5. The van der Waals surface area contributed by atoms with Crippen molar-refractivity contribution in [3.63, 3.8) is 0 Å². The van der Waals surface area contributed by atoms with Gasteiger partial charge >= 0.3 is 6.09 Å². The number of rotatable bonds is 13. The van der Waals surface area contributed by atoms with Gasteiger partial charge in [0.25, 0.3) is 6.43 Å². The molecule has 6 atom stereocenters. The molecule has 2 bridgehead atoms. The molecule has 0 radical (unpaired) electrons. The number of benzene rings is 2. The van der Waals surface area contributed by atoms with Crippen LogP contribution in [0.25, 0.3) is 33.6 Å². The summed E-state index contributed by atoms with van der Waals surface area (Å²) in [6, 6.07) is 15.5. The molecular formula is C46H56F2N8O5. The minimum absolute atomic E-state index is 0.115. The molecule has 4 unspecified atom stereocenters. The number of likely N-dealkylation sites (tertiary alicyclic amines) is 1. The first kappa shape index (κ1) is 42.1. The lowest BCUT2D eigenvalue weighted by molar-refractivity contribution is -0.138. The van der Waals surface area contributed by atoms with Gasteiger partial charge < -0.3 is 35.6 Å². The Morgan fingerprint density at radius 3 is 2.02 bits per heavy atom. The first-order valence-electron chi connectivity index (χ1n) is 21.8. The van der Waals surface area contributed by atoms with Gasteiger partial charge in [-0.2, -0.15) is 0 Å². The summed E-state index contributed by atoms with van der Waals surface area (Å²) in [6.45, 7) is 3.65. The normalized spacial score (nSPS) is 23.6. The summed E-state index contributed by atoms with van der Waals surface area (Å²) in [5, 5.41) is 8.20. The monoisotopic (exact) mass is 838 g/mol. The Morgan fingerprint density at radius 1 is 0.820 bits per heavy atom. The second kappa shape index (κ2) is 17.8. The van der Waals surface area contributed by atoms with Crippen molar-refractivity contribution in [1.29, 1.82) is 0 Å². The van der Waals surface area contributed by atoms with Crippen molar-refractivity contribution in [2.24, 2.45) is 23.7 Å². The third-order valence-corrected chi connectivity index (χ3v) is 13.6. The van der Waals surface area contributed by atoms with Crippen molar-refractivity contribution in [1.82, 2.24) is 40.8 Å². The number of amides is 4. The number of nitrogens with zero attached hydrogens (tertiary/aromatic N) is 3. The molecule has 5 N–H and O–H groups in total. The van der Waals surface area contributed by atoms with Crippen LogP contribution in [0.2, 0.25) is 0 Å². The molecular weight excluding hydrogens is 783 g/mol. The van der Waals surface area contributed by atoms with Crippen LogP contribution in [0.1, 0.15) is 102 Å². The molecule has 4 fully saturated rings. The first-order chi connectivity index (χ1) is 29.4. The van der Waals surface area contributed by atoms with Crippen molar-refractivity contribution >= 4 is 23.8 Å². The van der Waals surface area contributed by atoms with E-state index >= 15 is 0 Å². The van der Waals surface area contributed by atoms with Gasteiger partial charge in [0.2, 0.25) is 17.7 Å². The molecule has 15 heteroatoms. The summed E-state index contributed by atoms with van der Waals surface area (Å²) in [6.07, 6.45) is 8.16. The maximum atomic E-state index is 14.1. The van der Waals surface area contributed by atoms with Crippen molar-refractivity contribution in [2.75, 3.05) is 20.2 Å². The Balaban J connectivity index is 0.925. The zero-order valence-corrected chi connectivity index (χ0v) is 35.0. The van der Waals surface area contributed by atoms with E-state index in [1.54, 1.807) is 11.1 Å². The highest BCUT2D eigenvalue weighted by atomic mass is 19.3. The van der Waals surface area contributed by atoms with E-state index in [4.69, 9.17) is 9.72 Å². The Morgan fingerprint density at radius 2 is 1.41 bits per heavy atom. The molecule has 1 aliphatic heterocycles.